The Morgan fingerprint density at radius 3 is 2.18 bits per heavy atom. The molecule has 1 N–H and O–H groups in total. The summed E-state index contributed by atoms with van der Waals surface area (Å²) in [4.78, 5) is 9.59. The van der Waals surface area contributed by atoms with Gasteiger partial charge in [-0.15, -0.1) is 0 Å². The maximum absolute atomic E-state index is 10.6. The molecule has 6 aromatic rings. The van der Waals surface area contributed by atoms with Crippen molar-refractivity contribution in [2.45, 2.75) is 0 Å². The molecular weight excluding hydrogens is 418 g/mol. The van der Waals surface area contributed by atoms with E-state index in [1.807, 2.05) is 60.8 Å². The Hall–Kier alpha value is -4.70. The van der Waals surface area contributed by atoms with E-state index in [0.717, 1.165) is 39.1 Å². The molecule has 4 heteroatoms. The van der Waals surface area contributed by atoms with Crippen LogP contribution in [0.15, 0.2) is 121 Å². The molecule has 0 radical (unpaired) electrons. The fourth-order valence-electron chi connectivity index (χ4n) is 4.39. The van der Waals surface area contributed by atoms with Gasteiger partial charge in [0.15, 0.2) is 0 Å². The van der Waals surface area contributed by atoms with E-state index >= 15 is 0 Å². The molecule has 162 valence electrons. The molecular formula is C30H21N3O. The third kappa shape index (κ3) is 3.42. The van der Waals surface area contributed by atoms with Gasteiger partial charge in [-0.05, 0) is 54.1 Å². The van der Waals surface area contributed by atoms with Gasteiger partial charge in [0.1, 0.15) is 11.6 Å². The van der Waals surface area contributed by atoms with Crippen molar-refractivity contribution in [1.29, 1.82) is 0 Å². The third-order valence-corrected chi connectivity index (χ3v) is 5.98. The number of imidazole rings is 1. The molecule has 0 aliphatic carbocycles. The van der Waals surface area contributed by atoms with Crippen LogP contribution in [-0.2, 0) is 0 Å². The molecule has 0 unspecified atom stereocenters. The van der Waals surface area contributed by atoms with Crippen molar-refractivity contribution in [2.75, 3.05) is 0 Å². The van der Waals surface area contributed by atoms with Crippen molar-refractivity contribution >= 4 is 11.0 Å². The standard InChI is InChI=1S/C30H21N3O/c34-28-18-5-4-14-25(28)30-32-29-24(15-9-17-27(29)33(30)23-12-2-1-3-13-23)21-10-8-11-22(20-21)26-16-6-7-19-31-26/h1-20,34H. The van der Waals surface area contributed by atoms with Gasteiger partial charge in [0.2, 0.25) is 0 Å². The van der Waals surface area contributed by atoms with E-state index in [2.05, 4.69) is 64.1 Å². The molecule has 2 heterocycles. The smallest absolute Gasteiger partial charge is 0.149 e. The van der Waals surface area contributed by atoms with Gasteiger partial charge in [0, 0.05) is 23.0 Å². The summed E-state index contributed by atoms with van der Waals surface area (Å²) in [5.41, 5.74) is 7.61. The van der Waals surface area contributed by atoms with Crippen LogP contribution in [0.1, 0.15) is 0 Å². The Morgan fingerprint density at radius 2 is 1.35 bits per heavy atom. The van der Waals surface area contributed by atoms with Gasteiger partial charge in [0.05, 0.1) is 22.3 Å². The number of benzene rings is 4. The van der Waals surface area contributed by atoms with Gasteiger partial charge in [-0.3, -0.25) is 9.55 Å². The molecule has 0 fully saturated rings. The number of para-hydroxylation sites is 3. The second kappa shape index (κ2) is 8.34. The highest BCUT2D eigenvalue weighted by Crippen LogP contribution is 2.37. The molecule has 0 amide bonds. The summed E-state index contributed by atoms with van der Waals surface area (Å²) in [5.74, 6) is 0.904. The van der Waals surface area contributed by atoms with Gasteiger partial charge in [-0.1, -0.05) is 66.7 Å². The highest BCUT2D eigenvalue weighted by atomic mass is 16.3. The predicted octanol–water partition coefficient (Wildman–Crippen LogP) is 7.13. The van der Waals surface area contributed by atoms with Crippen molar-refractivity contribution in [2.24, 2.45) is 0 Å². The zero-order valence-electron chi connectivity index (χ0n) is 18.3. The number of phenols is 1. The van der Waals surface area contributed by atoms with Gasteiger partial charge in [-0.25, -0.2) is 4.98 Å². The first-order valence-corrected chi connectivity index (χ1v) is 11.2. The van der Waals surface area contributed by atoms with Gasteiger partial charge >= 0.3 is 0 Å². The molecule has 6 rings (SSSR count). The lowest BCUT2D eigenvalue weighted by atomic mass is 10.0. The zero-order valence-corrected chi connectivity index (χ0v) is 18.3. The molecule has 34 heavy (non-hydrogen) atoms. The third-order valence-electron chi connectivity index (χ3n) is 5.98. The van der Waals surface area contributed by atoms with Gasteiger partial charge in [0.25, 0.3) is 0 Å². The van der Waals surface area contributed by atoms with E-state index < -0.39 is 0 Å². The highest BCUT2D eigenvalue weighted by Gasteiger charge is 2.19. The van der Waals surface area contributed by atoms with Crippen molar-refractivity contribution in [3.63, 3.8) is 0 Å². The Labute approximate surface area is 197 Å². The number of aromatic nitrogens is 3. The quantitative estimate of drug-likeness (QED) is 0.318. The van der Waals surface area contributed by atoms with Crippen LogP contribution in [0.25, 0.3) is 50.5 Å². The van der Waals surface area contributed by atoms with E-state index in [0.29, 0.717) is 11.4 Å². The summed E-state index contributed by atoms with van der Waals surface area (Å²) >= 11 is 0. The number of aromatic hydroxyl groups is 1. The fraction of sp³-hybridized carbons (Fsp3) is 0. The fourth-order valence-corrected chi connectivity index (χ4v) is 4.39. The lowest BCUT2D eigenvalue weighted by Gasteiger charge is -2.10. The summed E-state index contributed by atoms with van der Waals surface area (Å²) in [7, 11) is 0. The first-order chi connectivity index (χ1) is 16.8. The largest absolute Gasteiger partial charge is 0.507 e. The zero-order chi connectivity index (χ0) is 22.9. The summed E-state index contributed by atoms with van der Waals surface area (Å²) in [5, 5.41) is 10.6. The number of fused-ring (bicyclic) bond motifs is 1. The molecule has 0 aliphatic heterocycles. The summed E-state index contributed by atoms with van der Waals surface area (Å²) in [6, 6.07) is 38.0. The second-order valence-corrected chi connectivity index (χ2v) is 8.09. The minimum Gasteiger partial charge on any atom is -0.507 e. The number of nitrogens with zero attached hydrogens (tertiary/aromatic N) is 3. The lowest BCUT2D eigenvalue weighted by Crippen LogP contribution is -1.97. The van der Waals surface area contributed by atoms with Crippen LogP contribution in [0.5, 0.6) is 5.75 Å². The summed E-state index contributed by atoms with van der Waals surface area (Å²) in [6.45, 7) is 0. The van der Waals surface area contributed by atoms with Crippen LogP contribution in [0.2, 0.25) is 0 Å². The van der Waals surface area contributed by atoms with Crippen LogP contribution in [0.4, 0.5) is 0 Å². The number of hydrogen-bond donors (Lipinski definition) is 1. The van der Waals surface area contributed by atoms with Crippen LogP contribution in [0, 0.1) is 0 Å². The average Bonchev–Trinajstić information content (AvgIpc) is 3.29. The van der Waals surface area contributed by atoms with Crippen LogP contribution < -0.4 is 0 Å². The van der Waals surface area contributed by atoms with E-state index in [1.165, 1.54) is 0 Å². The number of phenolic OH excluding ortho intramolecular Hbond substituents is 1. The van der Waals surface area contributed by atoms with E-state index in [-0.39, 0.29) is 5.75 Å². The van der Waals surface area contributed by atoms with E-state index in [4.69, 9.17) is 4.98 Å². The van der Waals surface area contributed by atoms with E-state index in [1.54, 1.807) is 6.07 Å². The Bertz CT molecular complexity index is 1610. The molecule has 0 aliphatic rings. The maximum atomic E-state index is 10.6. The number of pyridine rings is 1. The van der Waals surface area contributed by atoms with E-state index in [9.17, 15) is 5.11 Å². The minimum absolute atomic E-state index is 0.202. The first kappa shape index (κ1) is 19.9. The van der Waals surface area contributed by atoms with Crippen LogP contribution in [-0.4, -0.2) is 19.6 Å². The summed E-state index contributed by atoms with van der Waals surface area (Å²) in [6.07, 6.45) is 1.81. The monoisotopic (exact) mass is 439 g/mol. The van der Waals surface area contributed by atoms with Crippen LogP contribution >= 0.6 is 0 Å². The number of rotatable bonds is 4. The molecule has 0 atom stereocenters. The molecule has 0 spiro atoms. The molecule has 0 saturated carbocycles. The molecule has 2 aromatic heterocycles. The molecule has 4 nitrogen and oxygen atoms in total. The van der Waals surface area contributed by atoms with Gasteiger partial charge < -0.3 is 5.11 Å². The highest BCUT2D eigenvalue weighted by molar-refractivity contribution is 5.96. The second-order valence-electron chi connectivity index (χ2n) is 8.09. The molecule has 0 saturated heterocycles. The molecule has 4 aromatic carbocycles. The van der Waals surface area contributed by atoms with Crippen LogP contribution in [0.3, 0.4) is 0 Å². The molecule has 0 bridgehead atoms. The SMILES string of the molecule is Oc1ccccc1-c1nc2c(-c3cccc(-c4ccccn4)c3)cccc2n1-c1ccccc1. The van der Waals surface area contributed by atoms with Crippen molar-refractivity contribution in [1.82, 2.24) is 14.5 Å². The average molecular weight is 440 g/mol. The van der Waals surface area contributed by atoms with Crippen molar-refractivity contribution < 1.29 is 5.11 Å². The lowest BCUT2D eigenvalue weighted by molar-refractivity contribution is 0.477. The normalized spacial score (nSPS) is 11.1. The van der Waals surface area contributed by atoms with Crippen molar-refractivity contribution in [3.05, 3.63) is 121 Å². The Kier molecular flexibility index (Phi) is 4.89. The first-order valence-electron chi connectivity index (χ1n) is 11.2. The predicted molar refractivity (Wildman–Crippen MR) is 137 cm³/mol. The van der Waals surface area contributed by atoms with Gasteiger partial charge in [-0.2, -0.15) is 0 Å². The minimum atomic E-state index is 0.202. The van der Waals surface area contributed by atoms with Crippen molar-refractivity contribution in [3.8, 4) is 45.2 Å². The Morgan fingerprint density at radius 1 is 0.618 bits per heavy atom. The Balaban J connectivity index is 1.61. The maximum Gasteiger partial charge on any atom is 0.149 e. The summed E-state index contributed by atoms with van der Waals surface area (Å²) < 4.78 is 2.11. The number of hydrogen-bond acceptors (Lipinski definition) is 3. The topological polar surface area (TPSA) is 50.9 Å².